The topological polar surface area (TPSA) is 17.0 Å². The van der Waals surface area contributed by atoms with E-state index in [-0.39, 0.29) is 23.6 Å². The maximum atomic E-state index is 12.0. The van der Waals surface area contributed by atoms with Crippen LogP contribution in [-0.4, -0.2) is 22.4 Å². The Hall–Kier alpha value is -0.620. The lowest BCUT2D eigenvalue weighted by Crippen LogP contribution is -2.21. The van der Waals surface area contributed by atoms with Gasteiger partial charge in [-0.1, -0.05) is 13.8 Å². The van der Waals surface area contributed by atoms with E-state index < -0.39 is 5.51 Å². The second kappa shape index (κ2) is 7.85. The molecular formula is C13H21F3N2S. The van der Waals surface area contributed by atoms with Crippen molar-refractivity contribution in [2.24, 2.45) is 0 Å². The monoisotopic (exact) mass is 294 g/mol. The normalized spacial score (nSPS) is 13.7. The fraction of sp³-hybridized carbons (Fsp3) is 0.692. The minimum absolute atomic E-state index is 0.0292. The van der Waals surface area contributed by atoms with Gasteiger partial charge in [0.05, 0.1) is 0 Å². The molecule has 0 amide bonds. The first-order valence-corrected chi connectivity index (χ1v) is 7.54. The van der Waals surface area contributed by atoms with Crippen LogP contribution in [0, 0.1) is 0 Å². The van der Waals surface area contributed by atoms with E-state index in [1.807, 2.05) is 23.0 Å². The second-order valence-electron chi connectivity index (χ2n) is 4.39. The summed E-state index contributed by atoms with van der Waals surface area (Å²) in [6, 6.07) is 2.27. The Morgan fingerprint density at radius 3 is 2.68 bits per heavy atom. The van der Waals surface area contributed by atoms with Crippen LogP contribution in [-0.2, 0) is 6.54 Å². The lowest BCUT2D eigenvalue weighted by Gasteiger charge is -2.15. The molecule has 1 rings (SSSR count). The van der Waals surface area contributed by atoms with Gasteiger partial charge in [-0.05, 0) is 42.8 Å². The maximum absolute atomic E-state index is 12.0. The summed E-state index contributed by atoms with van der Waals surface area (Å²) >= 11 is 0.0292. The van der Waals surface area contributed by atoms with Crippen LogP contribution in [0.1, 0.15) is 38.3 Å². The predicted molar refractivity (Wildman–Crippen MR) is 74.3 cm³/mol. The van der Waals surface area contributed by atoms with E-state index in [0.29, 0.717) is 6.54 Å². The van der Waals surface area contributed by atoms with Crippen molar-refractivity contribution in [3.05, 3.63) is 24.0 Å². The number of rotatable bonds is 8. The molecule has 1 heterocycles. The van der Waals surface area contributed by atoms with Crippen molar-refractivity contribution < 1.29 is 13.2 Å². The zero-order valence-corrected chi connectivity index (χ0v) is 12.2. The lowest BCUT2D eigenvalue weighted by atomic mass is 10.1. The maximum Gasteiger partial charge on any atom is 0.441 e. The predicted octanol–water partition coefficient (Wildman–Crippen LogP) is 4.19. The van der Waals surface area contributed by atoms with Crippen LogP contribution in [0.5, 0.6) is 0 Å². The highest BCUT2D eigenvalue weighted by atomic mass is 32.2. The number of aromatic nitrogens is 1. The van der Waals surface area contributed by atoms with Crippen molar-refractivity contribution in [3.63, 3.8) is 0 Å². The molecule has 2 nitrogen and oxygen atoms in total. The Kier molecular flexibility index (Phi) is 6.79. The number of halogens is 3. The van der Waals surface area contributed by atoms with Crippen molar-refractivity contribution >= 4 is 11.8 Å². The van der Waals surface area contributed by atoms with Gasteiger partial charge in [-0.2, -0.15) is 13.2 Å². The molecule has 0 aliphatic rings. The van der Waals surface area contributed by atoms with Gasteiger partial charge in [0.25, 0.3) is 0 Å². The number of nitrogens with one attached hydrogen (secondary N) is 1. The Bertz CT molecular complexity index is 363. The smallest absolute Gasteiger partial charge is 0.353 e. The molecule has 0 saturated heterocycles. The van der Waals surface area contributed by atoms with Gasteiger partial charge < -0.3 is 9.88 Å². The van der Waals surface area contributed by atoms with E-state index in [1.165, 1.54) is 0 Å². The molecular weight excluding hydrogens is 273 g/mol. The van der Waals surface area contributed by atoms with E-state index in [9.17, 15) is 13.2 Å². The lowest BCUT2D eigenvalue weighted by molar-refractivity contribution is -0.0328. The first-order chi connectivity index (χ1) is 8.96. The quantitative estimate of drug-likeness (QED) is 0.774. The molecule has 0 saturated carbocycles. The minimum atomic E-state index is -4.13. The molecule has 1 atom stereocenters. The summed E-state index contributed by atoms with van der Waals surface area (Å²) in [6.07, 6.45) is 5.83. The van der Waals surface area contributed by atoms with Gasteiger partial charge in [0, 0.05) is 30.7 Å². The van der Waals surface area contributed by atoms with Gasteiger partial charge >= 0.3 is 5.51 Å². The van der Waals surface area contributed by atoms with E-state index in [2.05, 4.69) is 19.2 Å². The minimum Gasteiger partial charge on any atom is -0.353 e. The number of hydrogen-bond donors (Lipinski definition) is 1. The van der Waals surface area contributed by atoms with Crippen molar-refractivity contribution in [2.75, 3.05) is 12.3 Å². The molecule has 1 aromatic heterocycles. The molecule has 19 heavy (non-hydrogen) atoms. The van der Waals surface area contributed by atoms with Crippen molar-refractivity contribution in [2.45, 2.75) is 44.8 Å². The zero-order chi connectivity index (χ0) is 14.3. The van der Waals surface area contributed by atoms with Crippen LogP contribution >= 0.6 is 11.8 Å². The Balaban J connectivity index is 2.46. The average molecular weight is 294 g/mol. The Morgan fingerprint density at radius 2 is 2.11 bits per heavy atom. The zero-order valence-electron chi connectivity index (χ0n) is 11.3. The van der Waals surface area contributed by atoms with E-state index in [1.54, 1.807) is 0 Å². The highest BCUT2D eigenvalue weighted by Crippen LogP contribution is 2.30. The van der Waals surface area contributed by atoms with Crippen LogP contribution in [0.15, 0.2) is 18.5 Å². The average Bonchev–Trinajstić information content (AvgIpc) is 2.77. The number of hydrogen-bond acceptors (Lipinski definition) is 2. The van der Waals surface area contributed by atoms with Crippen LogP contribution in [0.2, 0.25) is 0 Å². The van der Waals surface area contributed by atoms with Crippen LogP contribution in [0.3, 0.4) is 0 Å². The molecule has 1 unspecified atom stereocenters. The van der Waals surface area contributed by atoms with Crippen LogP contribution < -0.4 is 5.32 Å². The molecule has 0 bridgehead atoms. The molecule has 0 aliphatic heterocycles. The number of thioether (sulfide) groups is 1. The largest absolute Gasteiger partial charge is 0.441 e. The van der Waals surface area contributed by atoms with Gasteiger partial charge in [0.2, 0.25) is 0 Å². The summed E-state index contributed by atoms with van der Waals surface area (Å²) in [5.74, 6) is 0.0524. The van der Waals surface area contributed by atoms with Gasteiger partial charge in [-0.3, -0.25) is 0 Å². The third-order valence-electron chi connectivity index (χ3n) is 2.84. The fourth-order valence-corrected chi connectivity index (χ4v) is 2.42. The molecule has 110 valence electrons. The summed E-state index contributed by atoms with van der Waals surface area (Å²) < 4.78 is 37.9. The van der Waals surface area contributed by atoms with Gasteiger partial charge in [0.15, 0.2) is 0 Å². The van der Waals surface area contributed by atoms with Crippen molar-refractivity contribution in [1.82, 2.24) is 9.88 Å². The fourth-order valence-electron chi connectivity index (χ4n) is 1.89. The van der Waals surface area contributed by atoms with Crippen molar-refractivity contribution in [1.29, 1.82) is 0 Å². The second-order valence-corrected chi connectivity index (χ2v) is 5.55. The molecule has 1 aromatic rings. The molecule has 0 aromatic carbocycles. The van der Waals surface area contributed by atoms with Crippen molar-refractivity contribution in [3.8, 4) is 0 Å². The van der Waals surface area contributed by atoms with Gasteiger partial charge in [-0.25, -0.2) is 0 Å². The highest BCUT2D eigenvalue weighted by molar-refractivity contribution is 8.00. The Labute approximate surface area is 116 Å². The molecule has 1 N–H and O–H groups in total. The van der Waals surface area contributed by atoms with Crippen LogP contribution in [0.4, 0.5) is 13.2 Å². The standard InChI is InChI=1S/C13H21F3N2S/c1-3-6-17-12(4-2)11-5-7-18(10-11)8-9-19-13(14,15)16/h5,7,10,12,17H,3-4,6,8-9H2,1-2H3. The van der Waals surface area contributed by atoms with Gasteiger partial charge in [-0.15, -0.1) is 0 Å². The summed E-state index contributed by atoms with van der Waals surface area (Å²) in [4.78, 5) is 0. The first-order valence-electron chi connectivity index (χ1n) is 6.56. The Morgan fingerprint density at radius 1 is 1.37 bits per heavy atom. The molecule has 0 fully saturated rings. The SMILES string of the molecule is CCCNC(CC)c1ccn(CCSC(F)(F)F)c1. The summed E-state index contributed by atoms with van der Waals surface area (Å²) in [7, 11) is 0. The third-order valence-corrected chi connectivity index (χ3v) is 3.55. The summed E-state index contributed by atoms with van der Waals surface area (Å²) in [6.45, 7) is 5.55. The van der Waals surface area contributed by atoms with E-state index >= 15 is 0 Å². The number of nitrogens with zero attached hydrogens (tertiary/aromatic N) is 1. The van der Waals surface area contributed by atoms with Crippen LogP contribution in [0.25, 0.3) is 0 Å². The molecule has 0 radical (unpaired) electrons. The molecule has 0 spiro atoms. The van der Waals surface area contributed by atoms with E-state index in [4.69, 9.17) is 0 Å². The van der Waals surface area contributed by atoms with Gasteiger partial charge in [0.1, 0.15) is 0 Å². The highest BCUT2D eigenvalue weighted by Gasteiger charge is 2.27. The number of aryl methyl sites for hydroxylation is 1. The summed E-state index contributed by atoms with van der Waals surface area (Å²) in [5.41, 5.74) is -2.99. The molecule has 6 heteroatoms. The van der Waals surface area contributed by atoms with E-state index in [0.717, 1.165) is 24.9 Å². The molecule has 0 aliphatic carbocycles. The number of alkyl halides is 3. The summed E-state index contributed by atoms with van der Waals surface area (Å²) in [5, 5.41) is 3.43. The first kappa shape index (κ1) is 16.4. The third kappa shape index (κ3) is 6.38.